The molecule has 0 rings (SSSR count). The zero-order valence-electron chi connectivity index (χ0n) is 12.3. The molecule has 0 heterocycles. The van der Waals surface area contributed by atoms with Gasteiger partial charge in [0.15, 0.2) is 0 Å². The average Bonchev–Trinajstić information content (AvgIpc) is 2.23. The minimum absolute atomic E-state index is 0.372. The summed E-state index contributed by atoms with van der Waals surface area (Å²) < 4.78 is 0. The highest BCUT2D eigenvalue weighted by Crippen LogP contribution is 2.18. The monoisotopic (exact) mass is 228 g/mol. The third-order valence-electron chi connectivity index (χ3n) is 3.43. The zero-order valence-corrected chi connectivity index (χ0v) is 12.3. The van der Waals surface area contributed by atoms with E-state index in [9.17, 15) is 0 Å². The van der Waals surface area contributed by atoms with Crippen molar-refractivity contribution in [1.29, 1.82) is 0 Å². The first-order valence-corrected chi connectivity index (χ1v) is 6.86. The van der Waals surface area contributed by atoms with Crippen LogP contribution in [0.1, 0.15) is 47.5 Å². The highest BCUT2D eigenvalue weighted by molar-refractivity contribution is 4.76. The maximum atomic E-state index is 3.29. The molecule has 0 radical (unpaired) electrons. The summed E-state index contributed by atoms with van der Waals surface area (Å²) in [5.74, 6) is 0.866. The molecule has 1 N–H and O–H groups in total. The second kappa shape index (κ2) is 8.08. The van der Waals surface area contributed by atoms with Gasteiger partial charge in [0.05, 0.1) is 0 Å². The van der Waals surface area contributed by atoms with Crippen LogP contribution >= 0.6 is 0 Å². The number of hydrogen-bond acceptors (Lipinski definition) is 2. The Bertz CT molecular complexity index is 162. The topological polar surface area (TPSA) is 15.3 Å². The van der Waals surface area contributed by atoms with E-state index in [-0.39, 0.29) is 0 Å². The first kappa shape index (κ1) is 15.9. The van der Waals surface area contributed by atoms with Gasteiger partial charge in [-0.25, -0.2) is 0 Å². The predicted molar refractivity (Wildman–Crippen MR) is 73.9 cm³/mol. The van der Waals surface area contributed by atoms with E-state index in [0.29, 0.717) is 5.41 Å². The van der Waals surface area contributed by atoms with Gasteiger partial charge in [0.1, 0.15) is 0 Å². The molecule has 0 spiro atoms. The molecule has 0 aromatic carbocycles. The van der Waals surface area contributed by atoms with Gasteiger partial charge < -0.3 is 10.2 Å². The molecule has 98 valence electrons. The van der Waals surface area contributed by atoms with E-state index in [1.165, 1.54) is 32.5 Å². The highest BCUT2D eigenvalue weighted by atomic mass is 15.1. The van der Waals surface area contributed by atoms with Gasteiger partial charge in [-0.15, -0.1) is 0 Å². The van der Waals surface area contributed by atoms with Crippen LogP contribution < -0.4 is 5.32 Å². The summed E-state index contributed by atoms with van der Waals surface area (Å²) in [5.41, 5.74) is 0.372. The van der Waals surface area contributed by atoms with Crippen LogP contribution in [0.25, 0.3) is 0 Å². The summed E-state index contributed by atoms with van der Waals surface area (Å²) in [7, 11) is 2.04. The molecule has 0 unspecified atom stereocenters. The van der Waals surface area contributed by atoms with Crippen molar-refractivity contribution < 1.29 is 0 Å². The molecule has 0 saturated heterocycles. The van der Waals surface area contributed by atoms with E-state index >= 15 is 0 Å². The molecule has 0 fully saturated rings. The van der Waals surface area contributed by atoms with Crippen molar-refractivity contribution in [2.75, 3.05) is 33.2 Å². The molecule has 0 saturated carbocycles. The summed E-state index contributed by atoms with van der Waals surface area (Å²) in [4.78, 5) is 2.61. The SMILES string of the molecule is CCC(CC)CN(CC)CC(C)(C)CNC. The molecule has 0 amide bonds. The standard InChI is InChI=1S/C14H32N2/c1-7-13(8-2)10-16(9-3)12-14(4,5)11-15-6/h13,15H,7-12H2,1-6H3. The fraction of sp³-hybridized carbons (Fsp3) is 1.00. The zero-order chi connectivity index (χ0) is 12.6. The molecule has 0 aliphatic heterocycles. The van der Waals surface area contributed by atoms with Gasteiger partial charge in [0, 0.05) is 19.6 Å². The smallest absolute Gasteiger partial charge is 0.00448 e. The molecular formula is C14H32N2. The Morgan fingerprint density at radius 1 is 1.12 bits per heavy atom. The minimum Gasteiger partial charge on any atom is -0.319 e. The molecule has 0 aromatic heterocycles. The van der Waals surface area contributed by atoms with Crippen molar-refractivity contribution in [1.82, 2.24) is 10.2 Å². The average molecular weight is 228 g/mol. The molecule has 16 heavy (non-hydrogen) atoms. The van der Waals surface area contributed by atoms with Gasteiger partial charge in [0.25, 0.3) is 0 Å². The summed E-state index contributed by atoms with van der Waals surface area (Å²) >= 11 is 0. The van der Waals surface area contributed by atoms with Crippen LogP contribution in [-0.4, -0.2) is 38.1 Å². The van der Waals surface area contributed by atoms with Crippen LogP contribution in [-0.2, 0) is 0 Å². The Balaban J connectivity index is 4.17. The highest BCUT2D eigenvalue weighted by Gasteiger charge is 2.21. The van der Waals surface area contributed by atoms with E-state index in [2.05, 4.69) is 44.8 Å². The number of nitrogens with zero attached hydrogens (tertiary/aromatic N) is 1. The Labute approximate surface area is 103 Å². The van der Waals surface area contributed by atoms with Gasteiger partial charge >= 0.3 is 0 Å². The van der Waals surface area contributed by atoms with E-state index < -0.39 is 0 Å². The fourth-order valence-electron chi connectivity index (χ4n) is 2.36. The van der Waals surface area contributed by atoms with Crippen LogP contribution in [0.4, 0.5) is 0 Å². The predicted octanol–water partition coefficient (Wildman–Crippen LogP) is 2.99. The lowest BCUT2D eigenvalue weighted by atomic mass is 9.92. The first-order valence-electron chi connectivity index (χ1n) is 6.86. The van der Waals surface area contributed by atoms with Gasteiger partial charge in [0.2, 0.25) is 0 Å². The van der Waals surface area contributed by atoms with Gasteiger partial charge in [-0.2, -0.15) is 0 Å². The molecular weight excluding hydrogens is 196 g/mol. The largest absolute Gasteiger partial charge is 0.319 e. The minimum atomic E-state index is 0.372. The van der Waals surface area contributed by atoms with E-state index in [0.717, 1.165) is 12.5 Å². The lowest BCUT2D eigenvalue weighted by Crippen LogP contribution is -2.41. The molecule has 0 aliphatic carbocycles. The Morgan fingerprint density at radius 2 is 1.69 bits per heavy atom. The maximum absolute atomic E-state index is 3.29. The van der Waals surface area contributed by atoms with Crippen LogP contribution in [0.15, 0.2) is 0 Å². The molecule has 2 nitrogen and oxygen atoms in total. The molecule has 0 atom stereocenters. The molecule has 0 aromatic rings. The van der Waals surface area contributed by atoms with Crippen molar-refractivity contribution >= 4 is 0 Å². The summed E-state index contributed by atoms with van der Waals surface area (Å²) in [6.07, 6.45) is 2.61. The third-order valence-corrected chi connectivity index (χ3v) is 3.43. The van der Waals surface area contributed by atoms with Gasteiger partial charge in [-0.1, -0.05) is 47.5 Å². The fourth-order valence-corrected chi connectivity index (χ4v) is 2.36. The first-order chi connectivity index (χ1) is 7.49. The van der Waals surface area contributed by atoms with Crippen molar-refractivity contribution in [3.63, 3.8) is 0 Å². The Kier molecular flexibility index (Phi) is 8.04. The molecule has 0 aliphatic rings. The van der Waals surface area contributed by atoms with E-state index in [1.807, 2.05) is 7.05 Å². The summed E-state index contributed by atoms with van der Waals surface area (Å²) in [6, 6.07) is 0. The second-order valence-corrected chi connectivity index (χ2v) is 5.70. The quantitative estimate of drug-likeness (QED) is 0.652. The molecule has 2 heteroatoms. The van der Waals surface area contributed by atoms with Gasteiger partial charge in [-0.05, 0) is 24.9 Å². The van der Waals surface area contributed by atoms with Gasteiger partial charge in [-0.3, -0.25) is 0 Å². The van der Waals surface area contributed by atoms with Crippen molar-refractivity contribution in [2.45, 2.75) is 47.5 Å². The number of hydrogen-bond donors (Lipinski definition) is 1. The van der Waals surface area contributed by atoms with Crippen molar-refractivity contribution in [2.24, 2.45) is 11.3 Å². The van der Waals surface area contributed by atoms with Crippen LogP contribution in [0.5, 0.6) is 0 Å². The Hall–Kier alpha value is -0.0800. The summed E-state index contributed by atoms with van der Waals surface area (Å²) in [6.45, 7) is 16.3. The van der Waals surface area contributed by atoms with E-state index in [4.69, 9.17) is 0 Å². The van der Waals surface area contributed by atoms with Crippen LogP contribution in [0, 0.1) is 11.3 Å². The van der Waals surface area contributed by atoms with Crippen molar-refractivity contribution in [3.05, 3.63) is 0 Å². The normalized spacial score (nSPS) is 12.8. The second-order valence-electron chi connectivity index (χ2n) is 5.70. The number of nitrogens with one attached hydrogen (secondary N) is 1. The third kappa shape index (κ3) is 6.49. The summed E-state index contributed by atoms with van der Waals surface area (Å²) in [5, 5.41) is 3.29. The Morgan fingerprint density at radius 3 is 2.06 bits per heavy atom. The molecule has 0 bridgehead atoms. The number of rotatable bonds is 9. The van der Waals surface area contributed by atoms with Crippen LogP contribution in [0.2, 0.25) is 0 Å². The van der Waals surface area contributed by atoms with Crippen LogP contribution in [0.3, 0.4) is 0 Å². The maximum Gasteiger partial charge on any atom is 0.00448 e. The lowest BCUT2D eigenvalue weighted by molar-refractivity contribution is 0.158. The van der Waals surface area contributed by atoms with E-state index in [1.54, 1.807) is 0 Å². The van der Waals surface area contributed by atoms with Crippen molar-refractivity contribution in [3.8, 4) is 0 Å². The lowest BCUT2D eigenvalue weighted by Gasteiger charge is -2.33.